The van der Waals surface area contributed by atoms with Gasteiger partial charge in [0, 0.05) is 6.54 Å². The molecule has 110 valence electrons. The molecule has 20 heavy (non-hydrogen) atoms. The molecule has 6 heteroatoms. The van der Waals surface area contributed by atoms with E-state index in [4.69, 9.17) is 11.6 Å². The maximum absolute atomic E-state index is 13.1. The fourth-order valence-electron chi connectivity index (χ4n) is 2.35. The first-order valence-corrected chi connectivity index (χ1v) is 7.09. The summed E-state index contributed by atoms with van der Waals surface area (Å²) in [6, 6.07) is 1.64. The van der Waals surface area contributed by atoms with Crippen LogP contribution in [-0.4, -0.2) is 25.5 Å². The van der Waals surface area contributed by atoms with Gasteiger partial charge in [0.1, 0.15) is 0 Å². The Balaban J connectivity index is 1.87. The molecule has 0 aromatic heterocycles. The molecular weight excluding hydrogens is 286 g/mol. The molecule has 1 saturated heterocycles. The number of amides is 1. The Hall–Kier alpha value is -1.20. The topological polar surface area (TPSA) is 41.1 Å². The van der Waals surface area contributed by atoms with Crippen LogP contribution in [0.3, 0.4) is 0 Å². The van der Waals surface area contributed by atoms with Crippen LogP contribution in [0.1, 0.15) is 29.6 Å². The number of halogens is 3. The highest BCUT2D eigenvalue weighted by Gasteiger charge is 2.16. The molecule has 1 aromatic rings. The number of rotatable bonds is 4. The summed E-state index contributed by atoms with van der Waals surface area (Å²) in [4.78, 5) is 11.9. The Bertz CT molecular complexity index is 490. The molecule has 1 fully saturated rings. The van der Waals surface area contributed by atoms with Crippen molar-refractivity contribution in [1.82, 2.24) is 10.6 Å². The second-order valence-electron chi connectivity index (χ2n) is 5.00. The van der Waals surface area contributed by atoms with Crippen LogP contribution in [0, 0.1) is 17.6 Å². The first-order valence-electron chi connectivity index (χ1n) is 6.71. The average molecular weight is 303 g/mol. The van der Waals surface area contributed by atoms with E-state index in [1.807, 2.05) is 0 Å². The monoisotopic (exact) mass is 302 g/mol. The van der Waals surface area contributed by atoms with Crippen LogP contribution in [0.5, 0.6) is 0 Å². The lowest BCUT2D eigenvalue weighted by Crippen LogP contribution is -2.33. The minimum Gasteiger partial charge on any atom is -0.352 e. The third-order valence-corrected chi connectivity index (χ3v) is 3.80. The van der Waals surface area contributed by atoms with Crippen molar-refractivity contribution >= 4 is 17.5 Å². The van der Waals surface area contributed by atoms with E-state index in [0.717, 1.165) is 44.5 Å². The van der Waals surface area contributed by atoms with Crippen molar-refractivity contribution in [3.8, 4) is 0 Å². The average Bonchev–Trinajstić information content (AvgIpc) is 2.44. The first-order chi connectivity index (χ1) is 9.58. The van der Waals surface area contributed by atoms with Crippen LogP contribution in [0.15, 0.2) is 12.1 Å². The normalized spacial score (nSPS) is 18.9. The van der Waals surface area contributed by atoms with Gasteiger partial charge in [-0.2, -0.15) is 0 Å². The molecule has 0 radical (unpaired) electrons. The van der Waals surface area contributed by atoms with Crippen LogP contribution in [0.2, 0.25) is 5.02 Å². The van der Waals surface area contributed by atoms with E-state index >= 15 is 0 Å². The lowest BCUT2D eigenvalue weighted by Gasteiger charge is -2.22. The molecule has 1 atom stereocenters. The van der Waals surface area contributed by atoms with Crippen LogP contribution in [-0.2, 0) is 0 Å². The quantitative estimate of drug-likeness (QED) is 0.840. The molecule has 1 aliphatic heterocycles. The second-order valence-corrected chi connectivity index (χ2v) is 5.41. The van der Waals surface area contributed by atoms with Crippen molar-refractivity contribution in [1.29, 1.82) is 0 Å². The summed E-state index contributed by atoms with van der Waals surface area (Å²) in [6.07, 6.45) is 3.16. The molecule has 1 aromatic carbocycles. The Kier molecular flexibility index (Phi) is 5.31. The zero-order chi connectivity index (χ0) is 14.5. The van der Waals surface area contributed by atoms with Gasteiger partial charge in [-0.05, 0) is 50.4 Å². The number of hydrogen-bond donors (Lipinski definition) is 2. The van der Waals surface area contributed by atoms with Gasteiger partial charge in [-0.3, -0.25) is 4.79 Å². The molecule has 0 bridgehead atoms. The predicted molar refractivity (Wildman–Crippen MR) is 73.9 cm³/mol. The lowest BCUT2D eigenvalue weighted by molar-refractivity contribution is 0.0950. The Morgan fingerprint density at radius 3 is 2.85 bits per heavy atom. The van der Waals surface area contributed by atoms with Gasteiger partial charge in [0.25, 0.3) is 5.91 Å². The van der Waals surface area contributed by atoms with E-state index in [9.17, 15) is 13.6 Å². The fraction of sp³-hybridized carbons (Fsp3) is 0.500. The van der Waals surface area contributed by atoms with Gasteiger partial charge >= 0.3 is 0 Å². The van der Waals surface area contributed by atoms with Crippen molar-refractivity contribution in [3.05, 3.63) is 34.4 Å². The zero-order valence-electron chi connectivity index (χ0n) is 11.0. The van der Waals surface area contributed by atoms with E-state index < -0.39 is 17.5 Å². The number of carbonyl (C=O) groups is 1. The second kappa shape index (κ2) is 6.99. The van der Waals surface area contributed by atoms with Crippen LogP contribution >= 0.6 is 11.6 Å². The minimum absolute atomic E-state index is 0.0349. The number of benzene rings is 1. The van der Waals surface area contributed by atoms with E-state index in [1.165, 1.54) is 0 Å². The van der Waals surface area contributed by atoms with Crippen molar-refractivity contribution in [2.45, 2.75) is 19.3 Å². The molecule has 0 unspecified atom stereocenters. The zero-order valence-corrected chi connectivity index (χ0v) is 11.8. The number of nitrogens with one attached hydrogen (secondary N) is 2. The summed E-state index contributed by atoms with van der Waals surface area (Å²) < 4.78 is 26.0. The van der Waals surface area contributed by atoms with Gasteiger partial charge in [-0.15, -0.1) is 0 Å². The van der Waals surface area contributed by atoms with Crippen LogP contribution in [0.25, 0.3) is 0 Å². The van der Waals surface area contributed by atoms with Crippen molar-refractivity contribution in [2.24, 2.45) is 5.92 Å². The molecule has 1 amide bonds. The van der Waals surface area contributed by atoms with E-state index in [2.05, 4.69) is 10.6 Å². The van der Waals surface area contributed by atoms with Crippen molar-refractivity contribution < 1.29 is 13.6 Å². The maximum atomic E-state index is 13.1. The molecule has 2 rings (SSSR count). The largest absolute Gasteiger partial charge is 0.352 e. The highest BCUT2D eigenvalue weighted by molar-refractivity contribution is 6.33. The lowest BCUT2D eigenvalue weighted by atomic mass is 9.96. The van der Waals surface area contributed by atoms with E-state index in [-0.39, 0.29) is 10.6 Å². The SMILES string of the molecule is O=C(NCC[C@H]1CCCNC1)c1cc(F)c(F)cc1Cl. The van der Waals surface area contributed by atoms with Gasteiger partial charge in [-0.25, -0.2) is 8.78 Å². The molecule has 0 aliphatic carbocycles. The highest BCUT2D eigenvalue weighted by Crippen LogP contribution is 2.20. The molecule has 0 spiro atoms. The molecule has 3 nitrogen and oxygen atoms in total. The fourth-order valence-corrected chi connectivity index (χ4v) is 2.59. The number of carbonyl (C=O) groups excluding carboxylic acids is 1. The summed E-state index contributed by atoms with van der Waals surface area (Å²) in [7, 11) is 0. The smallest absolute Gasteiger partial charge is 0.252 e. The Morgan fingerprint density at radius 2 is 2.15 bits per heavy atom. The Morgan fingerprint density at radius 1 is 1.40 bits per heavy atom. The third kappa shape index (κ3) is 3.90. The standard InChI is InChI=1S/C14H17ClF2N2O/c15-11-7-13(17)12(16)6-10(11)14(20)19-5-3-9-2-1-4-18-8-9/h6-7,9,18H,1-5,8H2,(H,19,20)/t9-/m1/s1. The molecule has 1 heterocycles. The van der Waals surface area contributed by atoms with E-state index in [0.29, 0.717) is 12.5 Å². The van der Waals surface area contributed by atoms with Crippen molar-refractivity contribution in [3.63, 3.8) is 0 Å². The summed E-state index contributed by atoms with van der Waals surface area (Å²) in [6.45, 7) is 2.51. The predicted octanol–water partition coefficient (Wildman–Crippen LogP) is 2.74. The van der Waals surface area contributed by atoms with Gasteiger partial charge in [0.2, 0.25) is 0 Å². The number of hydrogen-bond acceptors (Lipinski definition) is 2. The minimum atomic E-state index is -1.07. The number of piperidine rings is 1. The molecular formula is C14H17ClF2N2O. The van der Waals surface area contributed by atoms with Gasteiger partial charge in [0.05, 0.1) is 10.6 Å². The summed E-state index contributed by atoms with van der Waals surface area (Å²) >= 11 is 5.75. The highest BCUT2D eigenvalue weighted by atomic mass is 35.5. The van der Waals surface area contributed by atoms with E-state index in [1.54, 1.807) is 0 Å². The molecule has 0 saturated carbocycles. The summed E-state index contributed by atoms with van der Waals surface area (Å²) in [5, 5.41) is 5.91. The maximum Gasteiger partial charge on any atom is 0.252 e. The third-order valence-electron chi connectivity index (χ3n) is 3.49. The van der Waals surface area contributed by atoms with Gasteiger partial charge in [-0.1, -0.05) is 11.6 Å². The summed E-state index contributed by atoms with van der Waals surface area (Å²) in [5.41, 5.74) is -0.0349. The molecule has 2 N–H and O–H groups in total. The van der Waals surface area contributed by atoms with Crippen LogP contribution in [0.4, 0.5) is 8.78 Å². The van der Waals surface area contributed by atoms with Crippen molar-refractivity contribution in [2.75, 3.05) is 19.6 Å². The first kappa shape index (κ1) is 15.2. The Labute approximate surface area is 121 Å². The summed E-state index contributed by atoms with van der Waals surface area (Å²) in [5.74, 6) is -2.06. The van der Waals surface area contributed by atoms with Crippen LogP contribution < -0.4 is 10.6 Å². The van der Waals surface area contributed by atoms with Gasteiger partial charge < -0.3 is 10.6 Å². The molecule has 1 aliphatic rings. The van der Waals surface area contributed by atoms with Gasteiger partial charge in [0.15, 0.2) is 11.6 Å².